The van der Waals surface area contributed by atoms with Crippen molar-refractivity contribution in [3.05, 3.63) is 12.7 Å². The van der Waals surface area contributed by atoms with Crippen LogP contribution in [0.3, 0.4) is 0 Å². The molecule has 2 nitrogen and oxygen atoms in total. The molecule has 0 bridgehead atoms. The van der Waals surface area contributed by atoms with Crippen LogP contribution in [-0.4, -0.2) is 26.4 Å². The van der Waals surface area contributed by atoms with Gasteiger partial charge in [0.05, 0.1) is 13.2 Å². The molecule has 2 heteroatoms. The number of hydrogen-bond acceptors (Lipinski definition) is 2. The minimum Gasteiger partial charge on any atom is -0.380 e. The summed E-state index contributed by atoms with van der Waals surface area (Å²) >= 11 is 0. The molecule has 25 heavy (non-hydrogen) atoms. The Bertz CT molecular complexity index is 280. The van der Waals surface area contributed by atoms with Crippen molar-refractivity contribution in [1.82, 2.24) is 0 Å². The zero-order chi connectivity index (χ0) is 19.0. The van der Waals surface area contributed by atoms with E-state index in [1.807, 2.05) is 0 Å². The largest absolute Gasteiger partial charge is 0.380 e. The summed E-state index contributed by atoms with van der Waals surface area (Å²) in [4.78, 5) is 0. The van der Waals surface area contributed by atoms with Gasteiger partial charge in [0.2, 0.25) is 0 Å². The summed E-state index contributed by atoms with van der Waals surface area (Å²) in [5, 5.41) is 0. The van der Waals surface area contributed by atoms with E-state index < -0.39 is 0 Å². The van der Waals surface area contributed by atoms with Gasteiger partial charge in [-0.15, -0.1) is 6.58 Å². The van der Waals surface area contributed by atoms with Gasteiger partial charge in [-0.25, -0.2) is 0 Å². The van der Waals surface area contributed by atoms with Crippen LogP contribution in [0.25, 0.3) is 0 Å². The molecule has 0 rings (SSSR count). The molecule has 0 radical (unpaired) electrons. The maximum atomic E-state index is 6.21. The van der Waals surface area contributed by atoms with Crippen molar-refractivity contribution in [3.8, 4) is 0 Å². The third-order valence-corrected chi connectivity index (χ3v) is 5.43. The molecule has 0 spiro atoms. The summed E-state index contributed by atoms with van der Waals surface area (Å²) in [5.74, 6) is 1.39. The second kappa shape index (κ2) is 15.9. The summed E-state index contributed by atoms with van der Waals surface area (Å²) in [6, 6.07) is 0. The van der Waals surface area contributed by atoms with Gasteiger partial charge in [0.25, 0.3) is 0 Å². The highest BCUT2D eigenvalue weighted by molar-refractivity contribution is 4.87. The highest BCUT2D eigenvalue weighted by atomic mass is 16.5. The Kier molecular flexibility index (Phi) is 15.7. The Morgan fingerprint density at radius 2 is 1.28 bits per heavy atom. The van der Waals surface area contributed by atoms with Gasteiger partial charge in [-0.2, -0.15) is 0 Å². The van der Waals surface area contributed by atoms with E-state index in [1.165, 1.54) is 44.9 Å². The van der Waals surface area contributed by atoms with Crippen molar-refractivity contribution in [3.63, 3.8) is 0 Å². The van der Waals surface area contributed by atoms with Gasteiger partial charge in [-0.05, 0) is 37.5 Å². The highest BCUT2D eigenvalue weighted by Gasteiger charge is 2.29. The van der Waals surface area contributed by atoms with Gasteiger partial charge in [0.15, 0.2) is 0 Å². The predicted molar refractivity (Wildman–Crippen MR) is 111 cm³/mol. The van der Waals surface area contributed by atoms with Gasteiger partial charge >= 0.3 is 0 Å². The van der Waals surface area contributed by atoms with Gasteiger partial charge in [0.1, 0.15) is 0 Å². The van der Waals surface area contributed by atoms with Crippen molar-refractivity contribution in [2.75, 3.05) is 26.4 Å². The molecule has 0 N–H and O–H groups in total. The average Bonchev–Trinajstić information content (AvgIpc) is 2.60. The molecule has 0 aromatic heterocycles. The van der Waals surface area contributed by atoms with E-state index in [-0.39, 0.29) is 5.41 Å². The topological polar surface area (TPSA) is 18.5 Å². The summed E-state index contributed by atoms with van der Waals surface area (Å²) in [6.45, 7) is 18.7. The Labute approximate surface area is 158 Å². The van der Waals surface area contributed by atoms with Gasteiger partial charge in [0, 0.05) is 18.6 Å². The first-order valence-corrected chi connectivity index (χ1v) is 10.9. The van der Waals surface area contributed by atoms with Crippen LogP contribution in [-0.2, 0) is 9.47 Å². The van der Waals surface area contributed by atoms with Crippen molar-refractivity contribution >= 4 is 0 Å². The van der Waals surface area contributed by atoms with Crippen LogP contribution in [0.2, 0.25) is 0 Å². The van der Waals surface area contributed by atoms with Crippen LogP contribution in [0, 0.1) is 17.3 Å². The molecule has 0 aliphatic rings. The summed E-state index contributed by atoms with van der Waals surface area (Å²) in [5.41, 5.74) is 0.103. The van der Waals surface area contributed by atoms with Gasteiger partial charge < -0.3 is 9.47 Å². The van der Waals surface area contributed by atoms with E-state index in [1.54, 1.807) is 0 Å². The van der Waals surface area contributed by atoms with Crippen LogP contribution in [0.4, 0.5) is 0 Å². The fourth-order valence-electron chi connectivity index (χ4n) is 3.75. The summed E-state index contributed by atoms with van der Waals surface area (Å²) < 4.78 is 12.4. The molecular formula is C23H46O2. The molecule has 0 heterocycles. The zero-order valence-corrected chi connectivity index (χ0v) is 17.9. The van der Waals surface area contributed by atoms with Crippen molar-refractivity contribution < 1.29 is 9.47 Å². The molecule has 0 fully saturated rings. The van der Waals surface area contributed by atoms with Gasteiger partial charge in [-0.1, -0.05) is 72.8 Å². The van der Waals surface area contributed by atoms with Crippen LogP contribution in [0.15, 0.2) is 12.7 Å². The minimum atomic E-state index is 0.103. The third-order valence-electron chi connectivity index (χ3n) is 5.43. The lowest BCUT2D eigenvalue weighted by Crippen LogP contribution is -2.33. The quantitative estimate of drug-likeness (QED) is 0.246. The third kappa shape index (κ3) is 11.1. The van der Waals surface area contributed by atoms with Crippen LogP contribution < -0.4 is 0 Å². The molecule has 0 saturated carbocycles. The molecule has 0 aliphatic heterocycles. The van der Waals surface area contributed by atoms with E-state index in [0.29, 0.717) is 11.8 Å². The minimum absolute atomic E-state index is 0.103. The van der Waals surface area contributed by atoms with Crippen LogP contribution in [0.5, 0.6) is 0 Å². The molecule has 0 saturated heterocycles. The zero-order valence-electron chi connectivity index (χ0n) is 17.9. The highest BCUT2D eigenvalue weighted by Crippen LogP contribution is 2.31. The molecule has 2 atom stereocenters. The Balaban J connectivity index is 4.61. The first-order valence-electron chi connectivity index (χ1n) is 10.9. The molecular weight excluding hydrogens is 308 g/mol. The summed E-state index contributed by atoms with van der Waals surface area (Å²) in [6.07, 6.45) is 12.8. The van der Waals surface area contributed by atoms with Crippen LogP contribution in [0.1, 0.15) is 92.4 Å². The smallest absolute Gasteiger partial charge is 0.0547 e. The standard InChI is InChI=1S/C23H46O2/c1-7-13-21(11-5)17-24-19-23(15-9-3,16-10-4)20-25-18-22(12-6)14-8-2/h9,21-22H,3,7-8,10-20H2,1-2,4-6H3. The maximum absolute atomic E-state index is 6.21. The maximum Gasteiger partial charge on any atom is 0.0547 e. The number of hydrogen-bond donors (Lipinski definition) is 0. The first kappa shape index (κ1) is 24.7. The fraction of sp³-hybridized carbons (Fsp3) is 0.913. The van der Waals surface area contributed by atoms with E-state index in [0.717, 1.165) is 39.3 Å². The Morgan fingerprint density at radius 3 is 1.60 bits per heavy atom. The molecule has 2 unspecified atom stereocenters. The second-order valence-corrected chi connectivity index (χ2v) is 7.90. The second-order valence-electron chi connectivity index (χ2n) is 7.90. The Hall–Kier alpha value is -0.340. The van der Waals surface area contributed by atoms with E-state index in [2.05, 4.69) is 47.3 Å². The lowest BCUT2D eigenvalue weighted by Gasteiger charge is -2.33. The van der Waals surface area contributed by atoms with E-state index in [9.17, 15) is 0 Å². The lowest BCUT2D eigenvalue weighted by atomic mass is 9.81. The number of ether oxygens (including phenoxy) is 2. The molecule has 150 valence electrons. The monoisotopic (exact) mass is 354 g/mol. The van der Waals surface area contributed by atoms with Gasteiger partial charge in [-0.3, -0.25) is 0 Å². The predicted octanol–water partition coefficient (Wildman–Crippen LogP) is 7.03. The van der Waals surface area contributed by atoms with E-state index >= 15 is 0 Å². The molecule has 0 amide bonds. The normalized spacial score (nSPS) is 16.4. The average molecular weight is 355 g/mol. The Morgan fingerprint density at radius 1 is 0.800 bits per heavy atom. The van der Waals surface area contributed by atoms with Crippen molar-refractivity contribution in [1.29, 1.82) is 0 Å². The van der Waals surface area contributed by atoms with Crippen LogP contribution >= 0.6 is 0 Å². The summed E-state index contributed by atoms with van der Waals surface area (Å²) in [7, 11) is 0. The van der Waals surface area contributed by atoms with Crippen molar-refractivity contribution in [2.24, 2.45) is 17.3 Å². The number of rotatable bonds is 18. The first-order chi connectivity index (χ1) is 12.1. The van der Waals surface area contributed by atoms with E-state index in [4.69, 9.17) is 9.47 Å². The lowest BCUT2D eigenvalue weighted by molar-refractivity contribution is -0.0429. The molecule has 0 aromatic carbocycles. The SMILES string of the molecule is C=CCC(CCC)(COCC(CC)CCC)COCC(CC)CCC. The van der Waals surface area contributed by atoms with Crippen molar-refractivity contribution in [2.45, 2.75) is 92.4 Å². The fourth-order valence-corrected chi connectivity index (χ4v) is 3.75. The molecule has 0 aromatic rings. The number of allylic oxidation sites excluding steroid dienone is 1. The molecule has 0 aliphatic carbocycles.